The van der Waals surface area contributed by atoms with E-state index in [0.717, 1.165) is 43.0 Å². The molecule has 0 aliphatic carbocycles. The van der Waals surface area contributed by atoms with Crippen molar-refractivity contribution in [3.63, 3.8) is 0 Å². The fraction of sp³-hybridized carbons (Fsp3) is 0.333. The Hall–Kier alpha value is -2.96. The third kappa shape index (κ3) is 4.15. The maximum absolute atomic E-state index is 13.7. The molecule has 4 rings (SSSR count). The van der Waals surface area contributed by atoms with E-state index < -0.39 is 0 Å². The molecule has 0 spiro atoms. The third-order valence-electron chi connectivity index (χ3n) is 5.90. The second-order valence-corrected chi connectivity index (χ2v) is 7.98. The first-order chi connectivity index (χ1) is 14.5. The number of rotatable bonds is 5. The summed E-state index contributed by atoms with van der Waals surface area (Å²) in [5, 5.41) is 10.9. The molecule has 2 aromatic heterocycles. The monoisotopic (exact) mass is 404 g/mol. The van der Waals surface area contributed by atoms with Crippen molar-refractivity contribution in [1.82, 2.24) is 19.4 Å². The molecule has 1 saturated heterocycles. The van der Waals surface area contributed by atoms with E-state index in [1.54, 1.807) is 23.0 Å². The van der Waals surface area contributed by atoms with Gasteiger partial charge in [-0.2, -0.15) is 0 Å². The van der Waals surface area contributed by atoms with Crippen LogP contribution < -0.4 is 5.56 Å². The molecular formula is C24H28N4O2. The minimum atomic E-state index is -0.308. The maximum atomic E-state index is 13.7. The second-order valence-electron chi connectivity index (χ2n) is 7.98. The molecule has 1 fully saturated rings. The zero-order valence-corrected chi connectivity index (χ0v) is 17.5. The highest BCUT2D eigenvalue weighted by molar-refractivity contribution is 5.41. The van der Waals surface area contributed by atoms with Crippen molar-refractivity contribution in [3.8, 4) is 5.75 Å². The van der Waals surface area contributed by atoms with Gasteiger partial charge in [-0.15, -0.1) is 0 Å². The third-order valence-corrected chi connectivity index (χ3v) is 5.90. The van der Waals surface area contributed by atoms with Gasteiger partial charge in [0.2, 0.25) is 0 Å². The van der Waals surface area contributed by atoms with Crippen LogP contribution in [0.25, 0.3) is 0 Å². The Kier molecular flexibility index (Phi) is 5.97. The summed E-state index contributed by atoms with van der Waals surface area (Å²) in [6.45, 7) is 5.85. The van der Waals surface area contributed by atoms with Gasteiger partial charge in [0.05, 0.1) is 18.2 Å². The number of aromatic hydroxyl groups is 1. The zero-order valence-electron chi connectivity index (χ0n) is 17.5. The molecule has 1 aromatic carbocycles. The molecule has 1 aliphatic heterocycles. The molecule has 30 heavy (non-hydrogen) atoms. The van der Waals surface area contributed by atoms with Crippen LogP contribution in [0.2, 0.25) is 0 Å². The number of aromatic nitrogens is 2. The minimum absolute atomic E-state index is 0.0579. The predicted molar refractivity (Wildman–Crippen MR) is 118 cm³/mol. The van der Waals surface area contributed by atoms with Crippen LogP contribution in [0.3, 0.4) is 0 Å². The van der Waals surface area contributed by atoms with Crippen molar-refractivity contribution in [3.05, 3.63) is 93.7 Å². The summed E-state index contributed by atoms with van der Waals surface area (Å²) in [7, 11) is 2.11. The van der Waals surface area contributed by atoms with Gasteiger partial charge in [-0.1, -0.05) is 30.3 Å². The van der Waals surface area contributed by atoms with Crippen molar-refractivity contribution in [2.24, 2.45) is 0 Å². The molecular weight excluding hydrogens is 376 g/mol. The Balaban J connectivity index is 1.82. The molecule has 6 heteroatoms. The van der Waals surface area contributed by atoms with Gasteiger partial charge in [0.15, 0.2) is 0 Å². The van der Waals surface area contributed by atoms with E-state index in [1.165, 1.54) is 0 Å². The molecule has 0 radical (unpaired) electrons. The Labute approximate surface area is 177 Å². The highest BCUT2D eigenvalue weighted by Gasteiger charge is 2.30. The number of pyridine rings is 2. The first-order valence-corrected chi connectivity index (χ1v) is 10.3. The highest BCUT2D eigenvalue weighted by atomic mass is 16.3. The van der Waals surface area contributed by atoms with Gasteiger partial charge in [0.25, 0.3) is 5.56 Å². The summed E-state index contributed by atoms with van der Waals surface area (Å²) in [6, 6.07) is 15.2. The van der Waals surface area contributed by atoms with Crippen molar-refractivity contribution < 1.29 is 5.11 Å². The van der Waals surface area contributed by atoms with Crippen LogP contribution in [0.5, 0.6) is 5.75 Å². The molecule has 0 amide bonds. The van der Waals surface area contributed by atoms with Gasteiger partial charge in [0, 0.05) is 44.3 Å². The number of nitrogens with zero attached hydrogens (tertiary/aromatic N) is 4. The van der Waals surface area contributed by atoms with E-state index in [9.17, 15) is 9.90 Å². The van der Waals surface area contributed by atoms with E-state index in [1.807, 2.05) is 49.4 Å². The Morgan fingerprint density at radius 2 is 1.70 bits per heavy atom. The summed E-state index contributed by atoms with van der Waals surface area (Å²) in [6.07, 6.45) is 3.48. The number of likely N-dealkylation sites (N-methyl/N-ethyl adjacent to an activating group) is 1. The van der Waals surface area contributed by atoms with E-state index in [2.05, 4.69) is 21.8 Å². The molecule has 1 atom stereocenters. The molecule has 0 bridgehead atoms. The van der Waals surface area contributed by atoms with E-state index >= 15 is 0 Å². The molecule has 1 N–H and O–H groups in total. The Morgan fingerprint density at radius 3 is 2.37 bits per heavy atom. The topological polar surface area (TPSA) is 61.6 Å². The summed E-state index contributed by atoms with van der Waals surface area (Å²) in [5.74, 6) is 0.0579. The van der Waals surface area contributed by atoms with Crippen LogP contribution in [0.1, 0.15) is 28.4 Å². The van der Waals surface area contributed by atoms with Crippen LogP contribution in [-0.4, -0.2) is 57.7 Å². The maximum Gasteiger partial charge on any atom is 0.259 e. The van der Waals surface area contributed by atoms with Gasteiger partial charge < -0.3 is 14.6 Å². The van der Waals surface area contributed by atoms with Crippen LogP contribution in [0.15, 0.2) is 65.7 Å². The smallest absolute Gasteiger partial charge is 0.259 e. The summed E-state index contributed by atoms with van der Waals surface area (Å²) in [4.78, 5) is 22.4. The predicted octanol–water partition coefficient (Wildman–Crippen LogP) is 2.64. The van der Waals surface area contributed by atoms with Gasteiger partial charge in [0.1, 0.15) is 5.75 Å². The molecule has 3 heterocycles. The van der Waals surface area contributed by atoms with Gasteiger partial charge in [-0.25, -0.2) is 0 Å². The van der Waals surface area contributed by atoms with Crippen molar-refractivity contribution in [2.75, 3.05) is 33.2 Å². The van der Waals surface area contributed by atoms with Crippen molar-refractivity contribution in [2.45, 2.75) is 19.5 Å². The van der Waals surface area contributed by atoms with Crippen LogP contribution in [0, 0.1) is 6.92 Å². The Bertz CT molecular complexity index is 1040. The fourth-order valence-corrected chi connectivity index (χ4v) is 4.17. The molecule has 1 unspecified atom stereocenters. The first-order valence-electron chi connectivity index (χ1n) is 10.3. The lowest BCUT2D eigenvalue weighted by Crippen LogP contribution is -2.47. The summed E-state index contributed by atoms with van der Waals surface area (Å²) < 4.78 is 1.76. The fourth-order valence-electron chi connectivity index (χ4n) is 4.17. The van der Waals surface area contributed by atoms with Crippen molar-refractivity contribution >= 4 is 0 Å². The highest BCUT2D eigenvalue weighted by Crippen LogP contribution is 2.33. The number of hydrogen-bond donors (Lipinski definition) is 1. The summed E-state index contributed by atoms with van der Waals surface area (Å²) in [5.41, 5.74) is 3.07. The lowest BCUT2D eigenvalue weighted by Gasteiger charge is -2.38. The Morgan fingerprint density at radius 1 is 1.03 bits per heavy atom. The quantitative estimate of drug-likeness (QED) is 0.708. The van der Waals surface area contributed by atoms with Gasteiger partial charge in [-0.05, 0) is 43.3 Å². The van der Waals surface area contributed by atoms with Crippen LogP contribution >= 0.6 is 0 Å². The average molecular weight is 405 g/mol. The van der Waals surface area contributed by atoms with E-state index in [0.29, 0.717) is 12.1 Å². The van der Waals surface area contributed by atoms with Crippen molar-refractivity contribution in [1.29, 1.82) is 0 Å². The second kappa shape index (κ2) is 8.81. The number of aryl methyl sites for hydroxylation is 1. The largest absolute Gasteiger partial charge is 0.507 e. The van der Waals surface area contributed by atoms with Gasteiger partial charge >= 0.3 is 0 Å². The number of piperazine rings is 1. The van der Waals surface area contributed by atoms with E-state index in [-0.39, 0.29) is 17.4 Å². The van der Waals surface area contributed by atoms with E-state index in [4.69, 9.17) is 0 Å². The van der Waals surface area contributed by atoms with Gasteiger partial charge in [-0.3, -0.25) is 14.7 Å². The van der Waals surface area contributed by atoms with Crippen LogP contribution in [0.4, 0.5) is 0 Å². The first kappa shape index (κ1) is 20.3. The normalized spacial score (nSPS) is 16.5. The summed E-state index contributed by atoms with van der Waals surface area (Å²) >= 11 is 0. The number of hydrogen-bond acceptors (Lipinski definition) is 5. The molecule has 3 aromatic rings. The molecule has 1 aliphatic rings. The lowest BCUT2D eigenvalue weighted by molar-refractivity contribution is 0.125. The lowest BCUT2D eigenvalue weighted by atomic mass is 9.96. The molecule has 0 saturated carbocycles. The zero-order chi connectivity index (χ0) is 21.1. The van der Waals surface area contributed by atoms with Crippen LogP contribution in [-0.2, 0) is 6.54 Å². The SMILES string of the molecule is Cc1cc(O)c(C(c2ccncc2)N2CCN(C)CC2)c(=O)n1Cc1ccccc1. The number of benzene rings is 1. The molecule has 6 nitrogen and oxygen atoms in total. The minimum Gasteiger partial charge on any atom is -0.507 e. The molecule has 156 valence electrons. The standard InChI is InChI=1S/C24H28N4O2/c1-18-16-21(29)22(24(30)28(18)17-19-6-4-3-5-7-19)23(20-8-10-25-11-9-20)27-14-12-26(2)13-15-27/h3-11,16,23,29H,12-15,17H2,1-2H3. The average Bonchev–Trinajstić information content (AvgIpc) is 2.76.